The standard InChI is InChI=1S/C11H9ClO/c12-11-4-3-9-5-8(7-13)1-2-10(9)6-11/h1-6,13H,7H2. The molecule has 0 aliphatic carbocycles. The lowest BCUT2D eigenvalue weighted by Crippen LogP contribution is -1.82. The highest BCUT2D eigenvalue weighted by Gasteiger charge is 1.96. The summed E-state index contributed by atoms with van der Waals surface area (Å²) in [6.07, 6.45) is 0. The number of benzene rings is 2. The first-order valence-electron chi connectivity index (χ1n) is 4.08. The predicted molar refractivity (Wildman–Crippen MR) is 54.9 cm³/mol. The molecule has 2 rings (SSSR count). The smallest absolute Gasteiger partial charge is 0.0682 e. The highest BCUT2D eigenvalue weighted by molar-refractivity contribution is 6.31. The summed E-state index contributed by atoms with van der Waals surface area (Å²) in [7, 11) is 0. The van der Waals surface area contributed by atoms with Crippen LogP contribution in [0, 0.1) is 0 Å². The van der Waals surface area contributed by atoms with Crippen LogP contribution in [-0.2, 0) is 6.61 Å². The average Bonchev–Trinajstić information content (AvgIpc) is 2.17. The third-order valence-electron chi connectivity index (χ3n) is 2.05. The fourth-order valence-electron chi connectivity index (χ4n) is 1.36. The van der Waals surface area contributed by atoms with Gasteiger partial charge in [-0.3, -0.25) is 0 Å². The molecule has 0 unspecified atom stereocenters. The number of fused-ring (bicyclic) bond motifs is 1. The van der Waals surface area contributed by atoms with E-state index < -0.39 is 0 Å². The molecule has 0 heterocycles. The van der Waals surface area contributed by atoms with Crippen LogP contribution in [0.1, 0.15) is 5.56 Å². The minimum atomic E-state index is 0.0819. The Labute approximate surface area is 81.6 Å². The molecule has 0 atom stereocenters. The third-order valence-corrected chi connectivity index (χ3v) is 2.28. The molecule has 2 heteroatoms. The van der Waals surface area contributed by atoms with Crippen LogP contribution in [-0.4, -0.2) is 5.11 Å². The van der Waals surface area contributed by atoms with E-state index in [0.29, 0.717) is 0 Å². The minimum Gasteiger partial charge on any atom is -0.392 e. The molecule has 0 bridgehead atoms. The molecule has 1 nitrogen and oxygen atoms in total. The van der Waals surface area contributed by atoms with Crippen molar-refractivity contribution in [1.82, 2.24) is 0 Å². The summed E-state index contributed by atoms with van der Waals surface area (Å²) in [6, 6.07) is 11.6. The summed E-state index contributed by atoms with van der Waals surface area (Å²) in [5.74, 6) is 0. The molecule has 1 N–H and O–H groups in total. The van der Waals surface area contributed by atoms with Gasteiger partial charge in [0.1, 0.15) is 0 Å². The summed E-state index contributed by atoms with van der Waals surface area (Å²) < 4.78 is 0. The summed E-state index contributed by atoms with van der Waals surface area (Å²) in [5, 5.41) is 11.9. The van der Waals surface area contributed by atoms with Gasteiger partial charge in [0.25, 0.3) is 0 Å². The van der Waals surface area contributed by atoms with Crippen molar-refractivity contribution in [2.24, 2.45) is 0 Å². The van der Waals surface area contributed by atoms with E-state index in [-0.39, 0.29) is 6.61 Å². The molecule has 0 aromatic heterocycles. The zero-order valence-electron chi connectivity index (χ0n) is 7.00. The van der Waals surface area contributed by atoms with E-state index in [1.165, 1.54) is 0 Å². The Morgan fingerprint density at radius 2 is 1.69 bits per heavy atom. The van der Waals surface area contributed by atoms with Crippen molar-refractivity contribution < 1.29 is 5.11 Å². The van der Waals surface area contributed by atoms with Crippen LogP contribution in [0.25, 0.3) is 10.8 Å². The fraction of sp³-hybridized carbons (Fsp3) is 0.0909. The minimum absolute atomic E-state index is 0.0819. The summed E-state index contributed by atoms with van der Waals surface area (Å²) in [4.78, 5) is 0. The number of rotatable bonds is 1. The maximum atomic E-state index is 8.93. The van der Waals surface area contributed by atoms with Crippen molar-refractivity contribution in [3.05, 3.63) is 47.0 Å². The van der Waals surface area contributed by atoms with E-state index in [4.69, 9.17) is 16.7 Å². The topological polar surface area (TPSA) is 20.2 Å². The van der Waals surface area contributed by atoms with Gasteiger partial charge < -0.3 is 5.11 Å². The maximum Gasteiger partial charge on any atom is 0.0682 e. The average molecular weight is 193 g/mol. The van der Waals surface area contributed by atoms with Gasteiger partial charge in [-0.15, -0.1) is 0 Å². The zero-order valence-corrected chi connectivity index (χ0v) is 7.75. The Morgan fingerprint density at radius 3 is 2.46 bits per heavy atom. The molecular formula is C11H9ClO. The quantitative estimate of drug-likeness (QED) is 0.737. The van der Waals surface area contributed by atoms with Crippen LogP contribution < -0.4 is 0 Å². The Hall–Kier alpha value is -1.05. The first-order valence-corrected chi connectivity index (χ1v) is 4.46. The maximum absolute atomic E-state index is 8.93. The van der Waals surface area contributed by atoms with Gasteiger partial charge in [-0.05, 0) is 34.5 Å². The second kappa shape index (κ2) is 3.36. The Kier molecular flexibility index (Phi) is 2.21. The van der Waals surface area contributed by atoms with E-state index in [1.54, 1.807) is 0 Å². The van der Waals surface area contributed by atoms with Crippen molar-refractivity contribution in [3.8, 4) is 0 Å². The van der Waals surface area contributed by atoms with Crippen molar-refractivity contribution in [2.45, 2.75) is 6.61 Å². The molecule has 0 saturated carbocycles. The van der Waals surface area contributed by atoms with Crippen LogP contribution in [0.2, 0.25) is 5.02 Å². The molecule has 0 saturated heterocycles. The third kappa shape index (κ3) is 1.67. The normalized spacial score (nSPS) is 10.6. The number of hydrogen-bond acceptors (Lipinski definition) is 1. The SMILES string of the molecule is OCc1ccc2cc(Cl)ccc2c1. The summed E-state index contributed by atoms with van der Waals surface area (Å²) >= 11 is 5.84. The van der Waals surface area contributed by atoms with Crippen LogP contribution in [0.5, 0.6) is 0 Å². The van der Waals surface area contributed by atoms with Crippen LogP contribution >= 0.6 is 11.6 Å². The van der Waals surface area contributed by atoms with Gasteiger partial charge in [-0.1, -0.05) is 29.8 Å². The molecule has 0 amide bonds. The largest absolute Gasteiger partial charge is 0.392 e. The van der Waals surface area contributed by atoms with Gasteiger partial charge >= 0.3 is 0 Å². The lowest BCUT2D eigenvalue weighted by molar-refractivity contribution is 0.282. The van der Waals surface area contributed by atoms with Crippen LogP contribution in [0.15, 0.2) is 36.4 Å². The fourth-order valence-corrected chi connectivity index (χ4v) is 1.54. The Morgan fingerprint density at radius 1 is 1.00 bits per heavy atom. The van der Waals surface area contributed by atoms with Crippen LogP contribution in [0.4, 0.5) is 0 Å². The molecule has 0 radical (unpaired) electrons. The molecule has 2 aromatic rings. The van der Waals surface area contributed by atoms with Crippen molar-refractivity contribution in [1.29, 1.82) is 0 Å². The molecular weight excluding hydrogens is 184 g/mol. The second-order valence-corrected chi connectivity index (χ2v) is 3.42. The number of halogens is 1. The number of hydrogen-bond donors (Lipinski definition) is 1. The summed E-state index contributed by atoms with van der Waals surface area (Å²) in [6.45, 7) is 0.0819. The summed E-state index contributed by atoms with van der Waals surface area (Å²) in [5.41, 5.74) is 0.926. The number of aliphatic hydroxyl groups excluding tert-OH is 1. The van der Waals surface area contributed by atoms with E-state index in [0.717, 1.165) is 21.4 Å². The Bertz CT molecular complexity index is 437. The predicted octanol–water partition coefficient (Wildman–Crippen LogP) is 2.99. The van der Waals surface area contributed by atoms with Crippen molar-refractivity contribution in [2.75, 3.05) is 0 Å². The molecule has 66 valence electrons. The van der Waals surface area contributed by atoms with Crippen molar-refractivity contribution in [3.63, 3.8) is 0 Å². The van der Waals surface area contributed by atoms with E-state index >= 15 is 0 Å². The lowest BCUT2D eigenvalue weighted by atomic mass is 10.1. The monoisotopic (exact) mass is 192 g/mol. The molecule has 0 spiro atoms. The van der Waals surface area contributed by atoms with Gasteiger partial charge in [0.15, 0.2) is 0 Å². The zero-order chi connectivity index (χ0) is 9.26. The van der Waals surface area contributed by atoms with E-state index in [2.05, 4.69) is 0 Å². The van der Waals surface area contributed by atoms with Gasteiger partial charge in [-0.2, -0.15) is 0 Å². The van der Waals surface area contributed by atoms with Gasteiger partial charge in [0.05, 0.1) is 6.61 Å². The van der Waals surface area contributed by atoms with Crippen molar-refractivity contribution >= 4 is 22.4 Å². The highest BCUT2D eigenvalue weighted by Crippen LogP contribution is 2.20. The molecule has 2 aromatic carbocycles. The van der Waals surface area contributed by atoms with E-state index in [9.17, 15) is 0 Å². The first kappa shape index (κ1) is 8.54. The van der Waals surface area contributed by atoms with E-state index in [1.807, 2.05) is 36.4 Å². The Balaban J connectivity index is 2.66. The molecule has 0 fully saturated rings. The van der Waals surface area contributed by atoms with Crippen LogP contribution in [0.3, 0.4) is 0 Å². The lowest BCUT2D eigenvalue weighted by Gasteiger charge is -2.00. The highest BCUT2D eigenvalue weighted by atomic mass is 35.5. The first-order chi connectivity index (χ1) is 6.29. The van der Waals surface area contributed by atoms with Gasteiger partial charge in [0.2, 0.25) is 0 Å². The second-order valence-electron chi connectivity index (χ2n) is 2.98. The molecule has 13 heavy (non-hydrogen) atoms. The van der Waals surface area contributed by atoms with Gasteiger partial charge in [-0.25, -0.2) is 0 Å². The molecule has 0 aliphatic heterocycles. The van der Waals surface area contributed by atoms with Gasteiger partial charge in [0, 0.05) is 5.02 Å². The number of aliphatic hydroxyl groups is 1. The molecule has 0 aliphatic rings.